The molecule has 1 atom stereocenters. The average Bonchev–Trinajstić information content (AvgIpc) is 3.66. The van der Waals surface area contributed by atoms with E-state index in [0.717, 1.165) is 17.7 Å². The predicted molar refractivity (Wildman–Crippen MR) is 128 cm³/mol. The molecule has 9 nitrogen and oxygen atoms in total. The number of rotatable bonds is 9. The summed E-state index contributed by atoms with van der Waals surface area (Å²) in [4.78, 5) is 15.5. The summed E-state index contributed by atoms with van der Waals surface area (Å²) in [5, 5.41) is 14.5. The zero-order chi connectivity index (χ0) is 24.2. The highest BCUT2D eigenvalue weighted by Gasteiger charge is 2.35. The molecule has 1 unspecified atom stereocenters. The molecule has 1 aliphatic rings. The molecule has 180 valence electrons. The maximum absolute atomic E-state index is 13.5. The predicted octanol–water partition coefficient (Wildman–Crippen LogP) is 4.82. The van der Waals surface area contributed by atoms with E-state index < -0.39 is 0 Å². The van der Waals surface area contributed by atoms with Crippen LogP contribution in [-0.2, 0) is 11.3 Å². The molecule has 9 heteroatoms. The number of aromatic nitrogens is 2. The minimum Gasteiger partial charge on any atom is -0.467 e. The molecule has 0 aliphatic carbocycles. The van der Waals surface area contributed by atoms with Crippen molar-refractivity contribution in [3.8, 4) is 11.7 Å². The van der Waals surface area contributed by atoms with Gasteiger partial charge in [0.2, 0.25) is 5.89 Å². The Labute approximate surface area is 203 Å². The van der Waals surface area contributed by atoms with Crippen molar-refractivity contribution < 1.29 is 18.0 Å². The first kappa shape index (κ1) is 22.8. The zero-order valence-corrected chi connectivity index (χ0v) is 19.8. The second-order valence-electron chi connectivity index (χ2n) is 8.58. The Morgan fingerprint density at radius 3 is 2.60 bits per heavy atom. The molecule has 0 saturated carbocycles. The van der Waals surface area contributed by atoms with Gasteiger partial charge in [-0.05, 0) is 49.7 Å². The first-order chi connectivity index (χ1) is 17.1. The van der Waals surface area contributed by atoms with Gasteiger partial charge in [-0.15, -0.1) is 10.2 Å². The van der Waals surface area contributed by atoms with Crippen LogP contribution in [0.4, 0.5) is 0 Å². The summed E-state index contributed by atoms with van der Waals surface area (Å²) in [6, 6.07) is 15.1. The SMILES string of the molecule is CCCN(CC(=O)N1N=C(c2ccc(C)cc2)CC1c1ccco1)Cc1nnc(-c2ccco2)o1. The summed E-state index contributed by atoms with van der Waals surface area (Å²) in [5.41, 5.74) is 3.04. The standard InChI is InChI=1S/C26H27N5O4/c1-3-12-30(16-24-27-28-26(35-24)23-7-5-14-34-23)17-25(32)31-21(22-6-4-13-33-22)15-20(29-31)19-10-8-18(2)9-11-19/h4-11,13-14,21H,3,12,15-17H2,1-2H3. The van der Waals surface area contributed by atoms with Gasteiger partial charge in [-0.3, -0.25) is 9.69 Å². The number of carbonyl (C=O) groups excluding carboxylic acids is 1. The van der Waals surface area contributed by atoms with E-state index in [9.17, 15) is 4.79 Å². The van der Waals surface area contributed by atoms with Crippen LogP contribution in [0.2, 0.25) is 0 Å². The van der Waals surface area contributed by atoms with Crippen molar-refractivity contribution in [3.63, 3.8) is 0 Å². The number of amides is 1. The van der Waals surface area contributed by atoms with E-state index in [0.29, 0.717) is 42.8 Å². The molecule has 1 aliphatic heterocycles. The fraction of sp³-hybridized carbons (Fsp3) is 0.308. The third-order valence-corrected chi connectivity index (χ3v) is 5.88. The lowest BCUT2D eigenvalue weighted by Gasteiger charge is -2.24. The second-order valence-corrected chi connectivity index (χ2v) is 8.58. The molecule has 0 radical (unpaired) electrons. The van der Waals surface area contributed by atoms with Crippen molar-refractivity contribution in [2.45, 2.75) is 39.3 Å². The fourth-order valence-corrected chi connectivity index (χ4v) is 4.17. The van der Waals surface area contributed by atoms with Crippen LogP contribution in [0.25, 0.3) is 11.7 Å². The summed E-state index contributed by atoms with van der Waals surface area (Å²) >= 11 is 0. The van der Waals surface area contributed by atoms with E-state index in [2.05, 4.69) is 29.3 Å². The lowest BCUT2D eigenvalue weighted by Crippen LogP contribution is -2.38. The summed E-state index contributed by atoms with van der Waals surface area (Å²) in [6.45, 7) is 5.31. The number of hydrogen-bond acceptors (Lipinski definition) is 8. The molecule has 0 saturated heterocycles. The number of nitrogens with zero attached hydrogens (tertiary/aromatic N) is 5. The van der Waals surface area contributed by atoms with Gasteiger partial charge in [0.25, 0.3) is 11.8 Å². The molecule has 5 rings (SSSR count). The molecular formula is C26H27N5O4. The van der Waals surface area contributed by atoms with Crippen LogP contribution in [0, 0.1) is 6.92 Å². The van der Waals surface area contributed by atoms with E-state index in [1.165, 1.54) is 5.56 Å². The molecule has 0 fully saturated rings. The summed E-state index contributed by atoms with van der Waals surface area (Å²) in [5.74, 6) is 1.85. The van der Waals surface area contributed by atoms with E-state index in [1.54, 1.807) is 29.7 Å². The van der Waals surface area contributed by atoms with Crippen LogP contribution >= 0.6 is 0 Å². The van der Waals surface area contributed by atoms with Gasteiger partial charge in [0.05, 0.1) is 31.3 Å². The van der Waals surface area contributed by atoms with E-state index in [-0.39, 0.29) is 18.5 Å². The molecule has 4 aromatic rings. The highest BCUT2D eigenvalue weighted by atomic mass is 16.4. The van der Waals surface area contributed by atoms with E-state index in [1.807, 2.05) is 36.1 Å². The summed E-state index contributed by atoms with van der Waals surface area (Å²) in [6.07, 6.45) is 4.63. The van der Waals surface area contributed by atoms with Gasteiger partial charge in [0, 0.05) is 6.42 Å². The number of hydrazone groups is 1. The minimum absolute atomic E-state index is 0.118. The number of aryl methyl sites for hydroxylation is 1. The highest BCUT2D eigenvalue weighted by Crippen LogP contribution is 2.33. The third-order valence-electron chi connectivity index (χ3n) is 5.88. The van der Waals surface area contributed by atoms with Crippen molar-refractivity contribution in [2.24, 2.45) is 5.10 Å². The Morgan fingerprint density at radius 2 is 1.89 bits per heavy atom. The van der Waals surface area contributed by atoms with Crippen LogP contribution < -0.4 is 0 Å². The third kappa shape index (κ3) is 5.09. The quantitative estimate of drug-likeness (QED) is 0.343. The van der Waals surface area contributed by atoms with Gasteiger partial charge in [0.1, 0.15) is 11.8 Å². The smallest absolute Gasteiger partial charge is 0.283 e. The van der Waals surface area contributed by atoms with E-state index >= 15 is 0 Å². The van der Waals surface area contributed by atoms with Crippen molar-refractivity contribution >= 4 is 11.6 Å². The van der Waals surface area contributed by atoms with Crippen molar-refractivity contribution in [1.29, 1.82) is 0 Å². The largest absolute Gasteiger partial charge is 0.467 e. The van der Waals surface area contributed by atoms with E-state index in [4.69, 9.17) is 18.4 Å². The molecule has 0 bridgehead atoms. The Hall–Kier alpha value is -3.98. The van der Waals surface area contributed by atoms with Crippen molar-refractivity contribution in [1.82, 2.24) is 20.1 Å². The monoisotopic (exact) mass is 473 g/mol. The molecule has 0 spiro atoms. The number of carbonyl (C=O) groups is 1. The van der Waals surface area contributed by atoms with Gasteiger partial charge < -0.3 is 13.3 Å². The first-order valence-corrected chi connectivity index (χ1v) is 11.7. The normalized spacial score (nSPS) is 15.7. The van der Waals surface area contributed by atoms with Crippen LogP contribution in [0.1, 0.15) is 48.6 Å². The number of furan rings is 2. The summed E-state index contributed by atoms with van der Waals surface area (Å²) in [7, 11) is 0. The van der Waals surface area contributed by atoms with Gasteiger partial charge >= 0.3 is 0 Å². The molecule has 1 amide bonds. The molecule has 0 N–H and O–H groups in total. The Morgan fingerprint density at radius 1 is 1.09 bits per heavy atom. The summed E-state index contributed by atoms with van der Waals surface area (Å²) < 4.78 is 16.7. The van der Waals surface area contributed by atoms with Gasteiger partial charge in [-0.1, -0.05) is 36.8 Å². The molecular weight excluding hydrogens is 446 g/mol. The Kier molecular flexibility index (Phi) is 6.58. The van der Waals surface area contributed by atoms with Gasteiger partial charge in [-0.2, -0.15) is 5.10 Å². The van der Waals surface area contributed by atoms with Crippen LogP contribution in [0.5, 0.6) is 0 Å². The van der Waals surface area contributed by atoms with Crippen LogP contribution in [0.3, 0.4) is 0 Å². The van der Waals surface area contributed by atoms with Crippen LogP contribution in [-0.4, -0.2) is 44.8 Å². The number of hydrogen-bond donors (Lipinski definition) is 0. The van der Waals surface area contributed by atoms with Gasteiger partial charge in [-0.25, -0.2) is 5.01 Å². The lowest BCUT2D eigenvalue weighted by atomic mass is 10.0. The average molecular weight is 474 g/mol. The van der Waals surface area contributed by atoms with Gasteiger partial charge in [0.15, 0.2) is 5.76 Å². The maximum Gasteiger partial charge on any atom is 0.283 e. The minimum atomic E-state index is -0.286. The zero-order valence-electron chi connectivity index (χ0n) is 19.8. The Balaban J connectivity index is 1.34. The number of benzene rings is 1. The molecule has 35 heavy (non-hydrogen) atoms. The fourth-order valence-electron chi connectivity index (χ4n) is 4.17. The van der Waals surface area contributed by atoms with Crippen molar-refractivity contribution in [3.05, 3.63) is 83.8 Å². The van der Waals surface area contributed by atoms with Crippen molar-refractivity contribution in [2.75, 3.05) is 13.1 Å². The topological polar surface area (TPSA) is 101 Å². The van der Waals surface area contributed by atoms with Crippen LogP contribution in [0.15, 0.2) is 79.4 Å². The molecule has 3 aromatic heterocycles. The highest BCUT2D eigenvalue weighted by molar-refractivity contribution is 6.03. The lowest BCUT2D eigenvalue weighted by molar-refractivity contribution is -0.134. The molecule has 4 heterocycles. The Bertz CT molecular complexity index is 1280. The maximum atomic E-state index is 13.5. The first-order valence-electron chi connectivity index (χ1n) is 11.7. The second kappa shape index (κ2) is 10.1. The molecule has 1 aromatic carbocycles.